The van der Waals surface area contributed by atoms with E-state index >= 15 is 0 Å². The molecule has 3 aromatic carbocycles. The van der Waals surface area contributed by atoms with Crippen LogP contribution in [0.5, 0.6) is 0 Å². The molecule has 0 spiro atoms. The number of benzene rings is 3. The molecule has 4 rings (SSSR count). The fourth-order valence-corrected chi connectivity index (χ4v) is 3.68. The third-order valence-electron chi connectivity index (χ3n) is 4.74. The zero-order valence-electron chi connectivity index (χ0n) is 14.9. The highest BCUT2D eigenvalue weighted by atomic mass is 14.5. The molecule has 0 unspecified atom stereocenters. The van der Waals surface area contributed by atoms with Crippen molar-refractivity contribution < 1.29 is 0 Å². The minimum atomic E-state index is 0.160. The Labute approximate surface area is 145 Å². The molecule has 0 saturated carbocycles. The van der Waals surface area contributed by atoms with Crippen LogP contribution in [0.3, 0.4) is 0 Å². The topological polar surface area (TPSA) is 26.0 Å². The summed E-state index contributed by atoms with van der Waals surface area (Å²) in [7, 11) is 0. The number of anilines is 1. The summed E-state index contributed by atoms with van der Waals surface area (Å²) in [6, 6.07) is 23.5. The van der Waals surface area contributed by atoms with Crippen molar-refractivity contribution in [1.82, 2.24) is 0 Å². The predicted octanol–water partition coefficient (Wildman–Crippen LogP) is 5.88. The quantitative estimate of drug-likeness (QED) is 0.515. The number of hydrogen-bond donors (Lipinski definition) is 1. The summed E-state index contributed by atoms with van der Waals surface area (Å²) in [6.07, 6.45) is 0. The zero-order valence-corrected chi connectivity index (χ0v) is 14.9. The monoisotopic (exact) mass is 315 g/mol. The van der Waals surface area contributed by atoms with E-state index < -0.39 is 0 Å². The predicted molar refractivity (Wildman–Crippen MR) is 104 cm³/mol. The van der Waals surface area contributed by atoms with Crippen molar-refractivity contribution in [2.24, 2.45) is 0 Å². The minimum Gasteiger partial charge on any atom is -0.399 e. The Morgan fingerprint density at radius 2 is 1.08 bits per heavy atom. The van der Waals surface area contributed by atoms with Crippen LogP contribution in [0.15, 0.2) is 66.7 Å². The lowest BCUT2D eigenvalue weighted by Crippen LogP contribution is -2.14. The Hall–Kier alpha value is -2.54. The van der Waals surface area contributed by atoms with Gasteiger partial charge in [0, 0.05) is 11.1 Å². The number of aryl methyl sites for hydroxylation is 2. The largest absolute Gasteiger partial charge is 0.399 e. The van der Waals surface area contributed by atoms with Crippen LogP contribution in [0, 0.1) is 13.8 Å². The van der Waals surface area contributed by atoms with E-state index in [1.807, 2.05) is 26.0 Å². The smallest absolute Gasteiger partial charge is 0.0319 e. The molecule has 0 heterocycles. The van der Waals surface area contributed by atoms with Crippen LogP contribution in [0.2, 0.25) is 0 Å². The van der Waals surface area contributed by atoms with Crippen LogP contribution < -0.4 is 5.73 Å². The van der Waals surface area contributed by atoms with Gasteiger partial charge in [-0.2, -0.15) is 0 Å². The van der Waals surface area contributed by atoms with Gasteiger partial charge in [0.15, 0.2) is 0 Å². The molecule has 1 aliphatic carbocycles. The van der Waals surface area contributed by atoms with Crippen molar-refractivity contribution in [3.05, 3.63) is 89.0 Å². The highest BCUT2D eigenvalue weighted by molar-refractivity contribution is 5.80. The van der Waals surface area contributed by atoms with Gasteiger partial charge in [0.25, 0.3) is 0 Å². The summed E-state index contributed by atoms with van der Waals surface area (Å²) in [4.78, 5) is 0. The molecule has 0 saturated heterocycles. The van der Waals surface area contributed by atoms with E-state index in [0.29, 0.717) is 0 Å². The second-order valence-electron chi connectivity index (χ2n) is 7.14. The lowest BCUT2D eigenvalue weighted by atomic mass is 9.82. The molecular weight excluding hydrogens is 290 g/mol. The summed E-state index contributed by atoms with van der Waals surface area (Å²) in [5.74, 6) is 0. The third-order valence-corrected chi connectivity index (χ3v) is 4.74. The standard InChI is InChI=1S/C15H14.C8H11N/c1-15(2)13-9-5-3-7-11(13)12-8-4-6-10-14(12)15;1-6-3-7(2)5-8(9)4-6/h3-10H,1-2H3;3-5H,9H2,1-2H3. The molecule has 1 aliphatic rings. The number of nitrogens with two attached hydrogens (primary N) is 1. The normalized spacial score (nSPS) is 13.5. The highest BCUT2D eigenvalue weighted by Gasteiger charge is 2.34. The molecule has 24 heavy (non-hydrogen) atoms. The maximum atomic E-state index is 5.56. The lowest BCUT2D eigenvalue weighted by Gasteiger charge is -2.20. The molecule has 2 N–H and O–H groups in total. The number of fused-ring (bicyclic) bond motifs is 3. The van der Waals surface area contributed by atoms with Gasteiger partial charge < -0.3 is 5.73 Å². The van der Waals surface area contributed by atoms with Gasteiger partial charge in [0.2, 0.25) is 0 Å². The van der Waals surface area contributed by atoms with Gasteiger partial charge in [-0.1, -0.05) is 68.4 Å². The summed E-state index contributed by atoms with van der Waals surface area (Å²) in [5, 5.41) is 0. The highest BCUT2D eigenvalue weighted by Crippen LogP contribution is 2.47. The Balaban J connectivity index is 0.000000162. The van der Waals surface area contributed by atoms with Crippen molar-refractivity contribution in [1.29, 1.82) is 0 Å². The molecule has 1 nitrogen and oxygen atoms in total. The van der Waals surface area contributed by atoms with Gasteiger partial charge in [-0.25, -0.2) is 0 Å². The van der Waals surface area contributed by atoms with Crippen molar-refractivity contribution in [2.45, 2.75) is 33.1 Å². The van der Waals surface area contributed by atoms with Crippen molar-refractivity contribution >= 4 is 5.69 Å². The molecule has 0 aromatic heterocycles. The first kappa shape index (κ1) is 16.3. The van der Waals surface area contributed by atoms with Gasteiger partial charge in [0.05, 0.1) is 0 Å². The summed E-state index contributed by atoms with van der Waals surface area (Å²) in [5.41, 5.74) is 14.7. The molecule has 0 bridgehead atoms. The first-order valence-corrected chi connectivity index (χ1v) is 8.43. The van der Waals surface area contributed by atoms with E-state index in [4.69, 9.17) is 5.73 Å². The maximum absolute atomic E-state index is 5.56. The van der Waals surface area contributed by atoms with Crippen LogP contribution in [-0.2, 0) is 5.41 Å². The second kappa shape index (κ2) is 6.16. The van der Waals surface area contributed by atoms with E-state index in [1.54, 1.807) is 0 Å². The Morgan fingerprint density at radius 1 is 0.667 bits per heavy atom. The summed E-state index contributed by atoms with van der Waals surface area (Å²) >= 11 is 0. The van der Waals surface area contributed by atoms with Gasteiger partial charge in [-0.05, 0) is 59.4 Å². The van der Waals surface area contributed by atoms with E-state index in [1.165, 1.54) is 33.4 Å². The molecule has 0 radical (unpaired) electrons. The minimum absolute atomic E-state index is 0.160. The molecular formula is C23H25N. The van der Waals surface area contributed by atoms with Crippen molar-refractivity contribution in [3.63, 3.8) is 0 Å². The summed E-state index contributed by atoms with van der Waals surface area (Å²) in [6.45, 7) is 8.70. The lowest BCUT2D eigenvalue weighted by molar-refractivity contribution is 0.660. The van der Waals surface area contributed by atoms with Gasteiger partial charge >= 0.3 is 0 Å². The van der Waals surface area contributed by atoms with Crippen molar-refractivity contribution in [2.75, 3.05) is 5.73 Å². The van der Waals surface area contributed by atoms with Gasteiger partial charge in [0.1, 0.15) is 0 Å². The van der Waals surface area contributed by atoms with E-state index in [2.05, 4.69) is 68.4 Å². The Morgan fingerprint density at radius 3 is 1.50 bits per heavy atom. The fourth-order valence-electron chi connectivity index (χ4n) is 3.68. The van der Waals surface area contributed by atoms with E-state index in [0.717, 1.165) is 5.69 Å². The number of hydrogen-bond acceptors (Lipinski definition) is 1. The molecule has 0 fully saturated rings. The first-order valence-electron chi connectivity index (χ1n) is 8.43. The van der Waals surface area contributed by atoms with Crippen LogP contribution in [0.1, 0.15) is 36.1 Å². The molecule has 1 heteroatoms. The fraction of sp³-hybridized carbons (Fsp3) is 0.217. The average molecular weight is 315 g/mol. The molecule has 0 amide bonds. The SMILES string of the molecule is CC1(C)c2ccccc2-c2ccccc21.Cc1cc(C)cc(N)c1. The Bertz CT molecular complexity index is 777. The van der Waals surface area contributed by atoms with Gasteiger partial charge in [-0.15, -0.1) is 0 Å². The van der Waals surface area contributed by atoms with E-state index in [-0.39, 0.29) is 5.41 Å². The van der Waals surface area contributed by atoms with E-state index in [9.17, 15) is 0 Å². The Kier molecular flexibility index (Phi) is 4.19. The average Bonchev–Trinajstić information content (AvgIpc) is 2.76. The summed E-state index contributed by atoms with van der Waals surface area (Å²) < 4.78 is 0. The molecule has 0 aliphatic heterocycles. The van der Waals surface area contributed by atoms with Crippen LogP contribution >= 0.6 is 0 Å². The molecule has 0 atom stereocenters. The number of nitrogen functional groups attached to an aromatic ring is 1. The molecule has 122 valence electrons. The zero-order chi connectivity index (χ0) is 17.3. The molecule has 3 aromatic rings. The van der Waals surface area contributed by atoms with Crippen molar-refractivity contribution in [3.8, 4) is 11.1 Å². The maximum Gasteiger partial charge on any atom is 0.0319 e. The second-order valence-corrected chi connectivity index (χ2v) is 7.14. The first-order chi connectivity index (χ1) is 11.4. The van der Waals surface area contributed by atoms with Crippen LogP contribution in [-0.4, -0.2) is 0 Å². The van der Waals surface area contributed by atoms with Crippen LogP contribution in [0.25, 0.3) is 11.1 Å². The number of rotatable bonds is 0. The van der Waals surface area contributed by atoms with Crippen LogP contribution in [0.4, 0.5) is 5.69 Å². The van der Waals surface area contributed by atoms with Gasteiger partial charge in [-0.3, -0.25) is 0 Å². The third kappa shape index (κ3) is 2.94.